The quantitative estimate of drug-likeness (QED) is 0.0261. The summed E-state index contributed by atoms with van der Waals surface area (Å²) in [5, 5.41) is 0. The predicted molar refractivity (Wildman–Crippen MR) is 362 cm³/mol. The van der Waals surface area contributed by atoms with Gasteiger partial charge in [-0.1, -0.05) is 318 Å². The van der Waals surface area contributed by atoms with Crippen LogP contribution in [-0.2, 0) is 28.6 Å². The Hall–Kier alpha value is -3.15. The predicted octanol–water partition coefficient (Wildman–Crippen LogP) is 25.2. The number of unbranched alkanes of at least 4 members (excludes halogenated alkanes) is 44. The smallest absolute Gasteiger partial charge is 0.306 e. The van der Waals surface area contributed by atoms with Gasteiger partial charge in [0.25, 0.3) is 0 Å². The highest BCUT2D eigenvalue weighted by atomic mass is 16.6. The molecule has 6 nitrogen and oxygen atoms in total. The van der Waals surface area contributed by atoms with Crippen molar-refractivity contribution >= 4 is 17.9 Å². The Morgan fingerprint density at radius 3 is 0.675 bits per heavy atom. The highest BCUT2D eigenvalue weighted by Crippen LogP contribution is 2.18. The number of hydrogen-bond donors (Lipinski definition) is 0. The normalized spacial score (nSPS) is 12.5. The molecule has 0 aromatic carbocycles. The molecule has 0 spiro atoms. The van der Waals surface area contributed by atoms with Gasteiger partial charge < -0.3 is 14.2 Å². The molecule has 1 atom stereocenters. The second kappa shape index (κ2) is 71.3. The van der Waals surface area contributed by atoms with E-state index in [4.69, 9.17) is 14.2 Å². The van der Waals surface area contributed by atoms with Gasteiger partial charge in [0.05, 0.1) is 0 Å². The van der Waals surface area contributed by atoms with Crippen LogP contribution in [0.4, 0.5) is 0 Å². The van der Waals surface area contributed by atoms with Crippen LogP contribution in [0.1, 0.15) is 380 Å². The molecule has 0 radical (unpaired) electrons. The molecule has 0 aromatic rings. The van der Waals surface area contributed by atoms with E-state index in [0.29, 0.717) is 19.3 Å². The fourth-order valence-electron chi connectivity index (χ4n) is 10.7. The summed E-state index contributed by atoms with van der Waals surface area (Å²) in [6.45, 7) is 6.64. The van der Waals surface area contributed by atoms with E-state index in [1.54, 1.807) is 0 Å². The summed E-state index contributed by atoms with van der Waals surface area (Å²) in [5.41, 5.74) is 0. The van der Waals surface area contributed by atoms with Crippen LogP contribution in [-0.4, -0.2) is 37.2 Å². The molecule has 0 N–H and O–H groups in total. The first-order chi connectivity index (χ1) is 41.0. The molecule has 0 saturated carbocycles. The van der Waals surface area contributed by atoms with Gasteiger partial charge >= 0.3 is 17.9 Å². The van der Waals surface area contributed by atoms with Crippen LogP contribution in [0.15, 0.2) is 72.9 Å². The van der Waals surface area contributed by atoms with Gasteiger partial charge in [0.1, 0.15) is 13.2 Å². The fraction of sp³-hybridized carbons (Fsp3) is 0.805. The van der Waals surface area contributed by atoms with E-state index in [-0.39, 0.29) is 31.1 Å². The number of rotatable bonds is 67. The average Bonchev–Trinajstić information content (AvgIpc) is 3.50. The third-order valence-electron chi connectivity index (χ3n) is 16.2. The minimum absolute atomic E-state index is 0.0782. The maximum Gasteiger partial charge on any atom is 0.306 e. The molecule has 0 aliphatic carbocycles. The van der Waals surface area contributed by atoms with Crippen molar-refractivity contribution in [2.24, 2.45) is 0 Å². The minimum Gasteiger partial charge on any atom is -0.462 e. The highest BCUT2D eigenvalue weighted by molar-refractivity contribution is 5.71. The molecule has 0 aliphatic rings. The molecule has 0 amide bonds. The van der Waals surface area contributed by atoms with Gasteiger partial charge in [-0.3, -0.25) is 14.4 Å². The summed E-state index contributed by atoms with van der Waals surface area (Å²) in [5.74, 6) is -0.872. The van der Waals surface area contributed by atoms with E-state index in [2.05, 4.69) is 93.7 Å². The van der Waals surface area contributed by atoms with Crippen molar-refractivity contribution in [1.29, 1.82) is 0 Å². The van der Waals surface area contributed by atoms with Crippen LogP contribution >= 0.6 is 0 Å². The average molecular weight is 1160 g/mol. The summed E-state index contributed by atoms with van der Waals surface area (Å²) in [7, 11) is 0. The lowest BCUT2D eigenvalue weighted by atomic mass is 10.0. The van der Waals surface area contributed by atoms with Crippen molar-refractivity contribution in [2.75, 3.05) is 13.2 Å². The summed E-state index contributed by atoms with van der Waals surface area (Å²) < 4.78 is 17.0. The molecule has 0 rings (SSSR count). The first-order valence-corrected chi connectivity index (χ1v) is 36.4. The van der Waals surface area contributed by atoms with Crippen LogP contribution in [0, 0.1) is 0 Å². The monoisotopic (exact) mass is 1160 g/mol. The van der Waals surface area contributed by atoms with Crippen molar-refractivity contribution in [1.82, 2.24) is 0 Å². The number of ether oxygens (including phenoxy) is 3. The SMILES string of the molecule is CCCCCC/C=C\C/C=C\CCCCCCCCCC(=O)OCC(COC(=O)CCCCCCCCCCCCCCCCCCC/C=C\C/C=C\CCCCCCC)OC(=O)CCCCCCCCC/C=C\C/C=C\CCCCCC. The van der Waals surface area contributed by atoms with E-state index in [9.17, 15) is 14.4 Å². The van der Waals surface area contributed by atoms with Gasteiger partial charge in [0, 0.05) is 19.3 Å². The number of carbonyl (C=O) groups is 3. The van der Waals surface area contributed by atoms with E-state index in [1.807, 2.05) is 0 Å². The number of esters is 3. The van der Waals surface area contributed by atoms with E-state index in [0.717, 1.165) is 89.9 Å². The maximum absolute atomic E-state index is 13.0. The van der Waals surface area contributed by atoms with Crippen molar-refractivity contribution in [2.45, 2.75) is 386 Å². The van der Waals surface area contributed by atoms with Crippen molar-refractivity contribution in [3.63, 3.8) is 0 Å². The van der Waals surface area contributed by atoms with Gasteiger partial charge in [0.2, 0.25) is 0 Å². The Balaban J connectivity index is 4.28. The highest BCUT2D eigenvalue weighted by Gasteiger charge is 2.19. The molecule has 482 valence electrons. The second-order valence-corrected chi connectivity index (χ2v) is 24.5. The molecule has 0 aliphatic heterocycles. The molecular formula is C77H138O6. The molecule has 0 aromatic heterocycles. The van der Waals surface area contributed by atoms with Crippen LogP contribution in [0.3, 0.4) is 0 Å². The van der Waals surface area contributed by atoms with Crippen LogP contribution in [0.2, 0.25) is 0 Å². The van der Waals surface area contributed by atoms with Gasteiger partial charge in [-0.15, -0.1) is 0 Å². The molecular weight excluding hydrogens is 1020 g/mol. The zero-order valence-electron chi connectivity index (χ0n) is 55.5. The summed E-state index contributed by atoms with van der Waals surface area (Å²) in [6, 6.07) is 0. The van der Waals surface area contributed by atoms with Gasteiger partial charge in [-0.25, -0.2) is 0 Å². The number of allylic oxidation sites excluding steroid dienone is 12. The van der Waals surface area contributed by atoms with Crippen LogP contribution in [0.5, 0.6) is 0 Å². The van der Waals surface area contributed by atoms with Crippen molar-refractivity contribution in [3.8, 4) is 0 Å². The third kappa shape index (κ3) is 69.5. The van der Waals surface area contributed by atoms with Crippen LogP contribution in [0.25, 0.3) is 0 Å². The second-order valence-electron chi connectivity index (χ2n) is 24.5. The molecule has 0 heterocycles. The first-order valence-electron chi connectivity index (χ1n) is 36.4. The largest absolute Gasteiger partial charge is 0.462 e. The number of carbonyl (C=O) groups excluding carboxylic acids is 3. The Bertz CT molecular complexity index is 1520. The zero-order valence-corrected chi connectivity index (χ0v) is 55.5. The molecule has 1 unspecified atom stereocenters. The van der Waals surface area contributed by atoms with E-state index >= 15 is 0 Å². The topological polar surface area (TPSA) is 78.9 Å². The molecule has 0 bridgehead atoms. The Kier molecular flexibility index (Phi) is 68.6. The minimum atomic E-state index is -0.784. The Labute approximate surface area is 516 Å². The Morgan fingerprint density at radius 2 is 0.434 bits per heavy atom. The molecule has 6 heteroatoms. The molecule has 0 fully saturated rings. The van der Waals surface area contributed by atoms with E-state index < -0.39 is 6.10 Å². The van der Waals surface area contributed by atoms with Crippen molar-refractivity contribution in [3.05, 3.63) is 72.9 Å². The lowest BCUT2D eigenvalue weighted by molar-refractivity contribution is -0.167. The first kappa shape index (κ1) is 79.8. The van der Waals surface area contributed by atoms with E-state index in [1.165, 1.54) is 250 Å². The Morgan fingerprint density at radius 1 is 0.241 bits per heavy atom. The lowest BCUT2D eigenvalue weighted by Crippen LogP contribution is -2.30. The summed E-state index contributed by atoms with van der Waals surface area (Å²) in [6.07, 6.45) is 93.6. The fourth-order valence-corrected chi connectivity index (χ4v) is 10.7. The maximum atomic E-state index is 13.0. The van der Waals surface area contributed by atoms with Crippen molar-refractivity contribution < 1.29 is 28.6 Å². The van der Waals surface area contributed by atoms with Crippen LogP contribution < -0.4 is 0 Å². The third-order valence-corrected chi connectivity index (χ3v) is 16.2. The zero-order chi connectivity index (χ0) is 59.9. The summed E-state index contributed by atoms with van der Waals surface area (Å²) in [4.78, 5) is 38.5. The standard InChI is InChI=1S/C77H138O6/c1-4-7-10-13-16-19-22-25-28-31-34-35-36-37-38-39-40-41-42-43-44-47-49-52-55-58-61-64-67-70-76(79)82-73-74(83-77(80)71-68-65-62-59-56-53-50-46-33-30-27-24-21-18-15-12-9-6-3)72-81-75(78)69-66-63-60-57-54-51-48-45-32-29-26-23-20-17-14-11-8-5-2/h20-25,29-34,74H,4-19,26-28,35-73H2,1-3H3/b23-20-,24-21-,25-22-,32-29-,33-30-,34-31-. The number of hydrogen-bond acceptors (Lipinski definition) is 6. The van der Waals surface area contributed by atoms with Gasteiger partial charge in [-0.05, 0) is 116 Å². The summed E-state index contributed by atoms with van der Waals surface area (Å²) >= 11 is 0. The molecule has 83 heavy (non-hydrogen) atoms. The molecule has 0 saturated heterocycles. The van der Waals surface area contributed by atoms with Gasteiger partial charge in [0.15, 0.2) is 6.10 Å². The van der Waals surface area contributed by atoms with Gasteiger partial charge in [-0.2, -0.15) is 0 Å². The lowest BCUT2D eigenvalue weighted by Gasteiger charge is -2.18.